The van der Waals surface area contributed by atoms with Gasteiger partial charge in [-0.25, -0.2) is 24.2 Å². The number of hydrogen-bond donors (Lipinski definition) is 4. The molecular formula is C47H44Cl2N8O11. The molecule has 2 fully saturated rings. The zero-order valence-corrected chi connectivity index (χ0v) is 38.2. The third-order valence-electron chi connectivity index (χ3n) is 12.1. The lowest BCUT2D eigenvalue weighted by Gasteiger charge is -2.35. The van der Waals surface area contributed by atoms with Crippen molar-refractivity contribution in [1.82, 2.24) is 30.2 Å². The van der Waals surface area contributed by atoms with Crippen molar-refractivity contribution in [2.24, 2.45) is 0 Å². The first-order valence-corrected chi connectivity index (χ1v) is 22.3. The third-order valence-corrected chi connectivity index (χ3v) is 12.9. The quantitative estimate of drug-likeness (QED) is 0.0954. The van der Waals surface area contributed by atoms with Gasteiger partial charge < -0.3 is 40.5 Å². The Bertz CT molecular complexity index is 2620. The molecule has 4 aliphatic rings. The van der Waals surface area contributed by atoms with Gasteiger partial charge >= 0.3 is 18.2 Å². The highest BCUT2D eigenvalue weighted by Crippen LogP contribution is 2.32. The molecule has 19 nitrogen and oxygen atoms in total. The number of nitrogens with one attached hydrogen (secondary N) is 4. The molecule has 4 aromatic rings. The highest BCUT2D eigenvalue weighted by Gasteiger charge is 2.45. The van der Waals surface area contributed by atoms with Crippen LogP contribution in [0.25, 0.3) is 0 Å². The summed E-state index contributed by atoms with van der Waals surface area (Å²) in [5.74, 6) is -3.72. The van der Waals surface area contributed by atoms with Crippen molar-refractivity contribution < 1.29 is 52.6 Å². The van der Waals surface area contributed by atoms with Crippen LogP contribution in [0.2, 0.25) is 10.0 Å². The molecule has 10 amide bonds. The number of ether oxygens (including phenoxy) is 2. The van der Waals surface area contributed by atoms with Crippen molar-refractivity contribution >= 4 is 88.2 Å². The second kappa shape index (κ2) is 19.8. The van der Waals surface area contributed by atoms with E-state index in [4.69, 9.17) is 32.7 Å². The van der Waals surface area contributed by atoms with Gasteiger partial charge in [-0.15, -0.1) is 0 Å². The van der Waals surface area contributed by atoms with E-state index < -0.39 is 79.2 Å². The highest BCUT2D eigenvalue weighted by atomic mass is 35.5. The number of carbonyl (C=O) groups excluding carboxylic acids is 9. The van der Waals surface area contributed by atoms with Crippen molar-refractivity contribution in [2.75, 3.05) is 24.1 Å². The topological polar surface area (TPSA) is 233 Å². The van der Waals surface area contributed by atoms with E-state index in [1.165, 1.54) is 9.80 Å². The summed E-state index contributed by atoms with van der Waals surface area (Å²) in [6, 6.07) is 17.3. The highest BCUT2D eigenvalue weighted by molar-refractivity contribution is 6.32. The second-order valence-corrected chi connectivity index (χ2v) is 17.4. The van der Waals surface area contributed by atoms with Crippen molar-refractivity contribution in [3.8, 4) is 0 Å². The van der Waals surface area contributed by atoms with Gasteiger partial charge in [0, 0.05) is 71.6 Å². The molecule has 68 heavy (non-hydrogen) atoms. The Morgan fingerprint density at radius 3 is 1.40 bits per heavy atom. The van der Waals surface area contributed by atoms with Crippen LogP contribution in [0.3, 0.4) is 0 Å². The standard InChI is InChI=1S/C47H44Cl2N8O11/c1-25-3-7-31(17-35(25)48)52-45(64)50-19-27-5-9-33-29(15-27)21-54(41(33)60)37-11-13-39(58)56(43(37)62)23-67-47(66)68-24-57-40(59)14-12-38(44(57)63)55-22-30-16-28(6-10-34(30)42(55)61)20-51-46(65)53-32-8-4-26(2)36(49)18-32/h3-10,15-18,37-38H,11-14,19-24H2,1-2H3,(H2,50,52,64)(H2,51,53,65). The van der Waals surface area contributed by atoms with E-state index in [1.54, 1.807) is 72.8 Å². The van der Waals surface area contributed by atoms with Gasteiger partial charge in [0.15, 0.2) is 13.5 Å². The SMILES string of the molecule is Cc1ccc(NC(=O)NCc2ccc3c(c2)CN(C2CCC(=O)N(COC(=O)OCN4C(=O)CCC(N5Cc6cc(CNC(=O)Nc7ccc(C)c(Cl)c7)ccc6C5=O)C4=O)C2=O)C3=O)cc1Cl. The molecule has 0 bridgehead atoms. The molecule has 4 heterocycles. The number of hydrogen-bond acceptors (Lipinski definition) is 11. The van der Waals surface area contributed by atoms with Crippen LogP contribution in [-0.4, -0.2) is 98.8 Å². The molecule has 0 saturated carbocycles. The number of carbonyl (C=O) groups is 9. The Hall–Kier alpha value is -7.51. The number of piperidine rings is 2. The van der Waals surface area contributed by atoms with Gasteiger partial charge in [-0.2, -0.15) is 0 Å². The number of imide groups is 2. The number of likely N-dealkylation sites (tertiary alicyclic amines) is 2. The number of halogens is 2. The largest absolute Gasteiger partial charge is 0.511 e. The van der Waals surface area contributed by atoms with Crippen LogP contribution in [0.5, 0.6) is 0 Å². The predicted octanol–water partition coefficient (Wildman–Crippen LogP) is 5.97. The summed E-state index contributed by atoms with van der Waals surface area (Å²) in [6.07, 6.45) is -1.60. The maximum atomic E-state index is 13.6. The maximum absolute atomic E-state index is 13.6. The average molecular weight is 968 g/mol. The Labute approximate surface area is 398 Å². The Balaban J connectivity index is 0.803. The van der Waals surface area contributed by atoms with E-state index >= 15 is 0 Å². The Kier molecular flexibility index (Phi) is 13.7. The number of urea groups is 2. The number of rotatable bonds is 12. The molecule has 0 radical (unpaired) electrons. The number of fused-ring (bicyclic) bond motifs is 2. The molecule has 0 spiro atoms. The molecule has 4 aliphatic heterocycles. The zero-order chi connectivity index (χ0) is 48.4. The van der Waals surface area contributed by atoms with Crippen LogP contribution in [0.1, 0.15) is 79.8 Å². The van der Waals surface area contributed by atoms with Crippen molar-refractivity contribution in [1.29, 1.82) is 0 Å². The lowest BCUT2D eigenvalue weighted by atomic mass is 10.0. The van der Waals surface area contributed by atoms with Gasteiger partial charge in [-0.05, 0) is 96.5 Å². The second-order valence-electron chi connectivity index (χ2n) is 16.6. The van der Waals surface area contributed by atoms with Crippen molar-refractivity contribution in [3.63, 3.8) is 0 Å². The summed E-state index contributed by atoms with van der Waals surface area (Å²) in [5, 5.41) is 12.0. The van der Waals surface area contributed by atoms with E-state index in [1.807, 2.05) is 13.8 Å². The summed E-state index contributed by atoms with van der Waals surface area (Å²) >= 11 is 12.3. The van der Waals surface area contributed by atoms with Gasteiger partial charge in [0.1, 0.15) is 12.1 Å². The van der Waals surface area contributed by atoms with E-state index in [0.29, 0.717) is 64.6 Å². The molecule has 4 aromatic carbocycles. The van der Waals surface area contributed by atoms with Gasteiger partial charge in [-0.1, -0.05) is 59.6 Å². The molecular weight excluding hydrogens is 923 g/mol. The molecule has 8 rings (SSSR count). The number of anilines is 2. The van der Waals surface area contributed by atoms with Gasteiger partial charge in [0.25, 0.3) is 23.6 Å². The molecule has 2 saturated heterocycles. The summed E-state index contributed by atoms with van der Waals surface area (Å²) in [6.45, 7) is 2.35. The van der Waals surface area contributed by atoms with Crippen LogP contribution in [0, 0.1) is 13.8 Å². The van der Waals surface area contributed by atoms with Gasteiger partial charge in [-0.3, -0.25) is 28.8 Å². The van der Waals surface area contributed by atoms with Crippen molar-refractivity contribution in [2.45, 2.75) is 77.8 Å². The molecule has 2 unspecified atom stereocenters. The zero-order valence-electron chi connectivity index (χ0n) is 36.7. The normalized spacial score (nSPS) is 17.8. The molecule has 352 valence electrons. The van der Waals surface area contributed by atoms with E-state index in [2.05, 4.69) is 21.3 Å². The monoisotopic (exact) mass is 966 g/mol. The molecule has 2 atom stereocenters. The lowest BCUT2D eigenvalue weighted by Crippen LogP contribution is -2.55. The van der Waals surface area contributed by atoms with Crippen LogP contribution in [0.4, 0.5) is 25.8 Å². The van der Waals surface area contributed by atoms with Crippen LogP contribution < -0.4 is 21.3 Å². The van der Waals surface area contributed by atoms with Crippen molar-refractivity contribution in [3.05, 3.63) is 127 Å². The van der Waals surface area contributed by atoms with Crippen LogP contribution >= 0.6 is 23.2 Å². The fraction of sp³-hybridized carbons (Fsp3) is 0.298. The van der Waals surface area contributed by atoms with E-state index in [-0.39, 0.29) is 51.9 Å². The summed E-state index contributed by atoms with van der Waals surface area (Å²) in [7, 11) is 0. The van der Waals surface area contributed by atoms with Crippen LogP contribution in [-0.2, 0) is 54.8 Å². The fourth-order valence-electron chi connectivity index (χ4n) is 8.34. The Morgan fingerprint density at radius 2 is 1.00 bits per heavy atom. The molecule has 0 aliphatic carbocycles. The number of nitrogens with zero attached hydrogens (tertiary/aromatic N) is 4. The first kappa shape index (κ1) is 47.0. The number of benzene rings is 4. The van der Waals surface area contributed by atoms with Gasteiger partial charge in [0.2, 0.25) is 11.8 Å². The summed E-state index contributed by atoms with van der Waals surface area (Å²) < 4.78 is 10.2. The van der Waals surface area contributed by atoms with E-state index in [0.717, 1.165) is 11.1 Å². The van der Waals surface area contributed by atoms with Gasteiger partial charge in [0.05, 0.1) is 0 Å². The molecule has 0 aromatic heterocycles. The summed E-state index contributed by atoms with van der Waals surface area (Å²) in [5.41, 5.74) is 6.10. The maximum Gasteiger partial charge on any atom is 0.511 e. The molecule has 4 N–H and O–H groups in total. The first-order valence-electron chi connectivity index (χ1n) is 21.5. The smallest absolute Gasteiger partial charge is 0.412 e. The lowest BCUT2D eigenvalue weighted by molar-refractivity contribution is -0.158. The Morgan fingerprint density at radius 1 is 0.588 bits per heavy atom. The van der Waals surface area contributed by atoms with E-state index in [9.17, 15) is 43.2 Å². The first-order chi connectivity index (χ1) is 32.5. The van der Waals surface area contributed by atoms with Crippen LogP contribution in [0.15, 0.2) is 72.8 Å². The fourth-order valence-corrected chi connectivity index (χ4v) is 8.70. The summed E-state index contributed by atoms with van der Waals surface area (Å²) in [4.78, 5) is 122. The third kappa shape index (κ3) is 10.1. The molecule has 21 heteroatoms. The minimum atomic E-state index is -1.39. The predicted molar refractivity (Wildman–Crippen MR) is 244 cm³/mol. The minimum absolute atomic E-state index is 0.0311. The number of aryl methyl sites for hydroxylation is 2. The average Bonchev–Trinajstić information content (AvgIpc) is 3.81. The minimum Gasteiger partial charge on any atom is -0.412 e. The number of amides is 10.